The first-order valence-corrected chi connectivity index (χ1v) is 8.74. The van der Waals surface area contributed by atoms with E-state index in [4.69, 9.17) is 10.5 Å². The molecule has 1 aromatic carbocycles. The molecule has 0 radical (unpaired) electrons. The van der Waals surface area contributed by atoms with E-state index in [9.17, 15) is 0 Å². The molecule has 2 atom stereocenters. The number of ether oxygens (including phenoxy) is 1. The second-order valence-electron chi connectivity index (χ2n) is 7.57. The van der Waals surface area contributed by atoms with E-state index >= 15 is 0 Å². The topological polar surface area (TPSA) is 35.2 Å². The second kappa shape index (κ2) is 8.01. The molecule has 22 heavy (non-hydrogen) atoms. The van der Waals surface area contributed by atoms with Gasteiger partial charge in [0.25, 0.3) is 0 Å². The van der Waals surface area contributed by atoms with Crippen LogP contribution in [0.15, 0.2) is 12.1 Å². The minimum atomic E-state index is 0.0880. The molecule has 0 aliphatic carbocycles. The Balaban J connectivity index is 3.33. The Labute approximate surface area is 137 Å². The molecule has 0 aliphatic heterocycles. The molecule has 1 aromatic rings. The van der Waals surface area contributed by atoms with Gasteiger partial charge < -0.3 is 10.5 Å². The summed E-state index contributed by atoms with van der Waals surface area (Å²) in [7, 11) is 0. The molecule has 1 rings (SSSR count). The van der Waals surface area contributed by atoms with Crippen LogP contribution in [0.4, 0.5) is 0 Å². The van der Waals surface area contributed by atoms with Gasteiger partial charge in [-0.2, -0.15) is 0 Å². The van der Waals surface area contributed by atoms with Crippen LogP contribution in [-0.2, 0) is 5.41 Å². The van der Waals surface area contributed by atoms with Gasteiger partial charge in [0, 0.05) is 11.6 Å². The van der Waals surface area contributed by atoms with E-state index < -0.39 is 0 Å². The Morgan fingerprint density at radius 2 is 1.77 bits per heavy atom. The first kappa shape index (κ1) is 19.0. The summed E-state index contributed by atoms with van der Waals surface area (Å²) < 4.78 is 6.11. The summed E-state index contributed by atoms with van der Waals surface area (Å²) in [5, 5.41) is 0. The quantitative estimate of drug-likeness (QED) is 0.740. The highest BCUT2D eigenvalue weighted by molar-refractivity contribution is 5.49. The molecule has 0 saturated carbocycles. The van der Waals surface area contributed by atoms with Crippen molar-refractivity contribution in [3.8, 4) is 5.75 Å². The molecule has 0 saturated heterocycles. The van der Waals surface area contributed by atoms with Crippen molar-refractivity contribution in [3.63, 3.8) is 0 Å². The molecule has 2 unspecified atom stereocenters. The van der Waals surface area contributed by atoms with Gasteiger partial charge in [-0.05, 0) is 56.9 Å². The third-order valence-corrected chi connectivity index (χ3v) is 4.26. The van der Waals surface area contributed by atoms with E-state index in [1.165, 1.54) is 16.7 Å². The maximum Gasteiger partial charge on any atom is 0.126 e. The molecule has 2 heteroatoms. The van der Waals surface area contributed by atoms with Crippen LogP contribution in [0.1, 0.15) is 83.4 Å². The zero-order valence-electron chi connectivity index (χ0n) is 15.6. The van der Waals surface area contributed by atoms with Crippen molar-refractivity contribution in [1.29, 1.82) is 0 Å². The van der Waals surface area contributed by atoms with Crippen molar-refractivity contribution < 1.29 is 4.74 Å². The minimum absolute atomic E-state index is 0.0880. The van der Waals surface area contributed by atoms with Gasteiger partial charge in [-0.15, -0.1) is 0 Å². The van der Waals surface area contributed by atoms with Gasteiger partial charge in [0.15, 0.2) is 0 Å². The highest BCUT2D eigenvalue weighted by Gasteiger charge is 2.25. The van der Waals surface area contributed by atoms with Gasteiger partial charge in [-0.1, -0.05) is 45.4 Å². The highest BCUT2D eigenvalue weighted by atomic mass is 16.5. The van der Waals surface area contributed by atoms with Crippen LogP contribution in [0.2, 0.25) is 0 Å². The monoisotopic (exact) mass is 305 g/mol. The van der Waals surface area contributed by atoms with Crippen LogP contribution in [0, 0.1) is 6.92 Å². The maximum absolute atomic E-state index is 6.11. The van der Waals surface area contributed by atoms with Crippen molar-refractivity contribution in [3.05, 3.63) is 28.8 Å². The number of hydrogen-bond acceptors (Lipinski definition) is 2. The first-order valence-electron chi connectivity index (χ1n) is 8.74. The number of aryl methyl sites for hydroxylation is 1. The fourth-order valence-electron chi connectivity index (χ4n) is 3.01. The predicted octanol–water partition coefficient (Wildman–Crippen LogP) is 5.31. The molecule has 0 spiro atoms. The SMILES string of the molecule is CCOc1c(C(CC)CCC(C)N)cc(C)cc1C(C)(C)C. The van der Waals surface area contributed by atoms with Gasteiger partial charge in [-0.3, -0.25) is 0 Å². The predicted molar refractivity (Wildman–Crippen MR) is 97.0 cm³/mol. The molecular formula is C20H35NO. The fourth-order valence-corrected chi connectivity index (χ4v) is 3.01. The van der Waals surface area contributed by atoms with Gasteiger partial charge in [0.2, 0.25) is 0 Å². The smallest absolute Gasteiger partial charge is 0.126 e. The van der Waals surface area contributed by atoms with Gasteiger partial charge in [-0.25, -0.2) is 0 Å². The lowest BCUT2D eigenvalue weighted by Crippen LogP contribution is -2.18. The van der Waals surface area contributed by atoms with Crippen molar-refractivity contribution in [1.82, 2.24) is 0 Å². The number of nitrogens with two attached hydrogens (primary N) is 1. The summed E-state index contributed by atoms with van der Waals surface area (Å²) >= 11 is 0. The Hall–Kier alpha value is -1.02. The third-order valence-electron chi connectivity index (χ3n) is 4.26. The summed E-state index contributed by atoms with van der Waals surface area (Å²) in [6.45, 7) is 16.1. The molecular weight excluding hydrogens is 270 g/mol. The highest BCUT2D eigenvalue weighted by Crippen LogP contribution is 2.41. The Kier molecular flexibility index (Phi) is 6.93. The normalized spacial score (nSPS) is 14.7. The number of hydrogen-bond donors (Lipinski definition) is 1. The average molecular weight is 306 g/mol. The molecule has 0 aromatic heterocycles. The Morgan fingerprint density at radius 3 is 2.23 bits per heavy atom. The third kappa shape index (κ3) is 5.01. The van der Waals surface area contributed by atoms with Crippen LogP contribution in [-0.4, -0.2) is 12.6 Å². The van der Waals surface area contributed by atoms with Crippen LogP contribution in [0.25, 0.3) is 0 Å². The van der Waals surface area contributed by atoms with E-state index in [0.717, 1.165) is 25.0 Å². The largest absolute Gasteiger partial charge is 0.493 e. The van der Waals surface area contributed by atoms with Gasteiger partial charge >= 0.3 is 0 Å². The van der Waals surface area contributed by atoms with E-state index in [1.807, 2.05) is 0 Å². The molecule has 0 heterocycles. The zero-order chi connectivity index (χ0) is 16.9. The zero-order valence-corrected chi connectivity index (χ0v) is 15.6. The second-order valence-corrected chi connectivity index (χ2v) is 7.57. The van der Waals surface area contributed by atoms with Crippen molar-refractivity contribution in [2.45, 2.75) is 85.1 Å². The van der Waals surface area contributed by atoms with Crippen molar-refractivity contribution in [2.75, 3.05) is 6.61 Å². The van der Waals surface area contributed by atoms with Gasteiger partial charge in [0.05, 0.1) is 6.61 Å². The summed E-state index contributed by atoms with van der Waals surface area (Å²) in [6.07, 6.45) is 3.31. The lowest BCUT2D eigenvalue weighted by molar-refractivity contribution is 0.321. The molecule has 2 N–H and O–H groups in total. The Morgan fingerprint density at radius 1 is 1.14 bits per heavy atom. The molecule has 0 amide bonds. The van der Waals surface area contributed by atoms with E-state index in [-0.39, 0.29) is 11.5 Å². The molecule has 0 bridgehead atoms. The summed E-state index contributed by atoms with van der Waals surface area (Å²) in [5.41, 5.74) is 10.1. The molecule has 0 fully saturated rings. The molecule has 2 nitrogen and oxygen atoms in total. The van der Waals surface area contributed by atoms with Crippen LogP contribution in [0.5, 0.6) is 5.75 Å². The minimum Gasteiger partial charge on any atom is -0.493 e. The summed E-state index contributed by atoms with van der Waals surface area (Å²) in [4.78, 5) is 0. The van der Waals surface area contributed by atoms with Crippen LogP contribution >= 0.6 is 0 Å². The van der Waals surface area contributed by atoms with E-state index in [0.29, 0.717) is 12.5 Å². The maximum atomic E-state index is 6.11. The molecule has 126 valence electrons. The summed E-state index contributed by atoms with van der Waals surface area (Å²) in [6, 6.07) is 4.86. The number of benzene rings is 1. The van der Waals surface area contributed by atoms with E-state index in [1.54, 1.807) is 0 Å². The number of rotatable bonds is 7. The van der Waals surface area contributed by atoms with Crippen molar-refractivity contribution in [2.24, 2.45) is 5.73 Å². The van der Waals surface area contributed by atoms with Crippen LogP contribution in [0.3, 0.4) is 0 Å². The lowest BCUT2D eigenvalue weighted by atomic mass is 9.80. The fraction of sp³-hybridized carbons (Fsp3) is 0.700. The van der Waals surface area contributed by atoms with Crippen LogP contribution < -0.4 is 10.5 Å². The first-order chi connectivity index (χ1) is 10.2. The standard InChI is InChI=1S/C20H35NO/c1-8-16(11-10-15(4)21)17-12-14(3)13-18(20(5,6)7)19(17)22-9-2/h12-13,15-16H,8-11,21H2,1-7H3. The summed E-state index contributed by atoms with van der Waals surface area (Å²) in [5.74, 6) is 1.63. The van der Waals surface area contributed by atoms with E-state index in [2.05, 4.69) is 60.6 Å². The van der Waals surface area contributed by atoms with Gasteiger partial charge in [0.1, 0.15) is 5.75 Å². The average Bonchev–Trinajstić information content (AvgIpc) is 2.40. The Bertz CT molecular complexity index is 471. The van der Waals surface area contributed by atoms with Crippen molar-refractivity contribution >= 4 is 0 Å². The molecule has 0 aliphatic rings. The lowest BCUT2D eigenvalue weighted by Gasteiger charge is -2.28.